The van der Waals surface area contributed by atoms with Gasteiger partial charge < -0.3 is 10.6 Å². The van der Waals surface area contributed by atoms with Crippen molar-refractivity contribution in [1.82, 2.24) is 19.5 Å². The standard InChI is InChI=1S/C24H25N5O3/c25-23(31)19-4-1-2-13-28(19)24(32)17-11-7-15(8-12-17)18-5-3-6-22-26-21(27-29(18)22)14-20(30)16-9-10-16/h3,5-8,11-12,16,19H,1-2,4,9-10,13-14H2,(H2,25,31). The molecular formula is C24H25N5O3. The Kier molecular flexibility index (Phi) is 5.20. The Hall–Kier alpha value is -3.55. The highest BCUT2D eigenvalue weighted by Crippen LogP contribution is 2.31. The zero-order valence-corrected chi connectivity index (χ0v) is 17.7. The van der Waals surface area contributed by atoms with Crippen LogP contribution in [0.3, 0.4) is 0 Å². The molecule has 2 N–H and O–H groups in total. The number of hydrogen-bond donors (Lipinski definition) is 1. The molecule has 2 amide bonds. The lowest BCUT2D eigenvalue weighted by atomic mass is 9.99. The van der Waals surface area contributed by atoms with Crippen molar-refractivity contribution in [1.29, 1.82) is 0 Å². The van der Waals surface area contributed by atoms with Crippen molar-refractivity contribution in [2.75, 3.05) is 6.54 Å². The molecule has 8 nitrogen and oxygen atoms in total. The summed E-state index contributed by atoms with van der Waals surface area (Å²) < 4.78 is 1.74. The average molecular weight is 431 g/mol. The van der Waals surface area contributed by atoms with Crippen LogP contribution in [-0.4, -0.2) is 49.7 Å². The van der Waals surface area contributed by atoms with Crippen LogP contribution in [0, 0.1) is 5.92 Å². The Morgan fingerprint density at radius 1 is 1.00 bits per heavy atom. The molecule has 32 heavy (non-hydrogen) atoms. The van der Waals surface area contributed by atoms with Gasteiger partial charge in [-0.2, -0.15) is 5.10 Å². The number of fused-ring (bicyclic) bond motifs is 1. The molecule has 1 atom stereocenters. The van der Waals surface area contributed by atoms with Crippen LogP contribution in [0.25, 0.3) is 16.9 Å². The smallest absolute Gasteiger partial charge is 0.254 e. The first kappa shape index (κ1) is 20.4. The van der Waals surface area contributed by atoms with E-state index in [4.69, 9.17) is 5.73 Å². The van der Waals surface area contributed by atoms with E-state index in [9.17, 15) is 14.4 Å². The van der Waals surface area contributed by atoms with Gasteiger partial charge in [-0.05, 0) is 56.4 Å². The minimum atomic E-state index is -0.545. The summed E-state index contributed by atoms with van der Waals surface area (Å²) in [6.45, 7) is 0.537. The van der Waals surface area contributed by atoms with Gasteiger partial charge in [0, 0.05) is 23.6 Å². The number of carbonyl (C=O) groups excluding carboxylic acids is 3. The average Bonchev–Trinajstić information content (AvgIpc) is 3.58. The molecule has 0 radical (unpaired) electrons. The largest absolute Gasteiger partial charge is 0.368 e. The summed E-state index contributed by atoms with van der Waals surface area (Å²) in [5.41, 5.74) is 8.41. The summed E-state index contributed by atoms with van der Waals surface area (Å²) in [5.74, 6) is 0.282. The molecule has 1 aliphatic carbocycles. The first-order valence-corrected chi connectivity index (χ1v) is 11.1. The van der Waals surface area contributed by atoms with Crippen molar-refractivity contribution >= 4 is 23.2 Å². The molecular weight excluding hydrogens is 406 g/mol. The second-order valence-corrected chi connectivity index (χ2v) is 8.62. The molecule has 3 heterocycles. The van der Waals surface area contributed by atoms with Crippen LogP contribution >= 0.6 is 0 Å². The minimum Gasteiger partial charge on any atom is -0.368 e. The maximum absolute atomic E-state index is 13.0. The fourth-order valence-electron chi connectivity index (χ4n) is 4.37. The lowest BCUT2D eigenvalue weighted by Gasteiger charge is -2.33. The van der Waals surface area contributed by atoms with Crippen LogP contribution in [0.1, 0.15) is 48.3 Å². The maximum Gasteiger partial charge on any atom is 0.254 e. The predicted molar refractivity (Wildman–Crippen MR) is 118 cm³/mol. The Bertz CT molecular complexity index is 1200. The molecule has 2 aliphatic rings. The molecule has 1 saturated carbocycles. The van der Waals surface area contributed by atoms with E-state index in [0.717, 1.165) is 36.9 Å². The summed E-state index contributed by atoms with van der Waals surface area (Å²) in [7, 11) is 0. The molecule has 1 aromatic carbocycles. The molecule has 1 saturated heterocycles. The van der Waals surface area contributed by atoms with Gasteiger partial charge in [-0.15, -0.1) is 0 Å². The number of likely N-dealkylation sites (tertiary alicyclic amines) is 1. The predicted octanol–water partition coefficient (Wildman–Crippen LogP) is 2.40. The van der Waals surface area contributed by atoms with Crippen molar-refractivity contribution in [3.8, 4) is 11.3 Å². The third-order valence-corrected chi connectivity index (χ3v) is 6.29. The van der Waals surface area contributed by atoms with Crippen molar-refractivity contribution in [2.45, 2.75) is 44.6 Å². The first-order valence-electron chi connectivity index (χ1n) is 11.1. The van der Waals surface area contributed by atoms with Gasteiger partial charge >= 0.3 is 0 Å². The van der Waals surface area contributed by atoms with Gasteiger partial charge in [0.25, 0.3) is 5.91 Å². The number of hydrogen-bond acceptors (Lipinski definition) is 5. The third-order valence-electron chi connectivity index (χ3n) is 6.29. The Balaban J connectivity index is 1.39. The van der Waals surface area contributed by atoms with E-state index in [1.54, 1.807) is 21.5 Å². The Morgan fingerprint density at radius 2 is 1.78 bits per heavy atom. The molecule has 2 fully saturated rings. The zero-order chi connectivity index (χ0) is 22.2. The first-order chi connectivity index (χ1) is 15.5. The van der Waals surface area contributed by atoms with Crippen molar-refractivity contribution < 1.29 is 14.4 Å². The normalized spacial score (nSPS) is 18.6. The number of rotatable bonds is 6. The fourth-order valence-corrected chi connectivity index (χ4v) is 4.37. The fraction of sp³-hybridized carbons (Fsp3) is 0.375. The SMILES string of the molecule is NC(=O)C1CCCCN1C(=O)c1ccc(-c2cccc3nc(CC(=O)C4CC4)nn23)cc1. The lowest BCUT2D eigenvalue weighted by Crippen LogP contribution is -2.50. The number of primary amides is 1. The van der Waals surface area contributed by atoms with Gasteiger partial charge in [-0.3, -0.25) is 14.4 Å². The zero-order valence-electron chi connectivity index (χ0n) is 17.7. The Morgan fingerprint density at radius 3 is 2.50 bits per heavy atom. The molecule has 3 aromatic rings. The number of piperidine rings is 1. The summed E-state index contributed by atoms with van der Waals surface area (Å²) in [6, 6.07) is 12.4. The van der Waals surface area contributed by atoms with Crippen LogP contribution in [0.4, 0.5) is 0 Å². The second-order valence-electron chi connectivity index (χ2n) is 8.62. The molecule has 8 heteroatoms. The molecule has 164 valence electrons. The van der Waals surface area contributed by atoms with Gasteiger partial charge in [0.2, 0.25) is 5.91 Å². The third kappa shape index (κ3) is 3.88. The van der Waals surface area contributed by atoms with Gasteiger partial charge in [-0.1, -0.05) is 18.2 Å². The van der Waals surface area contributed by atoms with Crippen LogP contribution in [0.15, 0.2) is 42.5 Å². The molecule has 1 unspecified atom stereocenters. The quantitative estimate of drug-likeness (QED) is 0.644. The molecule has 5 rings (SSSR count). The highest BCUT2D eigenvalue weighted by Gasteiger charge is 2.31. The number of ketones is 1. The van der Waals surface area contributed by atoms with Gasteiger partial charge in [0.15, 0.2) is 11.5 Å². The van der Waals surface area contributed by atoms with Crippen molar-refractivity contribution in [2.24, 2.45) is 11.7 Å². The van der Waals surface area contributed by atoms with E-state index >= 15 is 0 Å². The molecule has 0 bridgehead atoms. The number of nitrogens with zero attached hydrogens (tertiary/aromatic N) is 4. The summed E-state index contributed by atoms with van der Waals surface area (Å²) >= 11 is 0. The van der Waals surface area contributed by atoms with Crippen LogP contribution < -0.4 is 5.73 Å². The second kappa shape index (κ2) is 8.18. The van der Waals surface area contributed by atoms with E-state index in [2.05, 4.69) is 10.1 Å². The number of aromatic nitrogens is 3. The number of pyridine rings is 1. The van der Waals surface area contributed by atoms with E-state index in [0.29, 0.717) is 30.0 Å². The summed E-state index contributed by atoms with van der Waals surface area (Å²) in [5, 5.41) is 4.56. The topological polar surface area (TPSA) is 111 Å². The summed E-state index contributed by atoms with van der Waals surface area (Å²) in [4.78, 5) is 43.0. The van der Waals surface area contributed by atoms with Crippen LogP contribution in [0.2, 0.25) is 0 Å². The van der Waals surface area contributed by atoms with E-state index in [1.807, 2.05) is 30.3 Å². The van der Waals surface area contributed by atoms with Crippen molar-refractivity contribution in [3.05, 3.63) is 53.9 Å². The number of nitrogens with two attached hydrogens (primary N) is 1. The van der Waals surface area contributed by atoms with E-state index in [-0.39, 0.29) is 24.0 Å². The highest BCUT2D eigenvalue weighted by molar-refractivity contribution is 5.97. The van der Waals surface area contributed by atoms with Gasteiger partial charge in [0.05, 0.1) is 12.1 Å². The molecule has 2 aromatic heterocycles. The van der Waals surface area contributed by atoms with E-state index < -0.39 is 11.9 Å². The monoisotopic (exact) mass is 431 g/mol. The number of benzene rings is 1. The van der Waals surface area contributed by atoms with Crippen molar-refractivity contribution in [3.63, 3.8) is 0 Å². The number of Topliss-reactive ketones (excluding diaryl/α,β-unsaturated/α-hetero) is 1. The minimum absolute atomic E-state index is 0.181. The van der Waals surface area contributed by atoms with E-state index in [1.165, 1.54) is 0 Å². The molecule has 1 aliphatic heterocycles. The maximum atomic E-state index is 13.0. The van der Waals surface area contributed by atoms with Gasteiger partial charge in [0.1, 0.15) is 11.8 Å². The summed E-state index contributed by atoms with van der Waals surface area (Å²) in [6.07, 6.45) is 4.58. The van der Waals surface area contributed by atoms with Crippen LogP contribution in [-0.2, 0) is 16.0 Å². The number of amides is 2. The highest BCUT2D eigenvalue weighted by atomic mass is 16.2. The number of carbonyl (C=O) groups is 3. The lowest BCUT2D eigenvalue weighted by molar-refractivity contribution is -0.123. The van der Waals surface area contributed by atoms with Crippen LogP contribution in [0.5, 0.6) is 0 Å². The Labute approximate surface area is 185 Å². The van der Waals surface area contributed by atoms with Gasteiger partial charge in [-0.25, -0.2) is 9.50 Å². The molecule has 0 spiro atoms.